The zero-order chi connectivity index (χ0) is 31.5. The summed E-state index contributed by atoms with van der Waals surface area (Å²) in [5, 5.41) is 18.7. The van der Waals surface area contributed by atoms with Crippen molar-refractivity contribution in [3.63, 3.8) is 0 Å². The maximum atomic E-state index is 13.6. The van der Waals surface area contributed by atoms with Crippen molar-refractivity contribution in [3.05, 3.63) is 102 Å². The fourth-order valence-corrected chi connectivity index (χ4v) is 5.11. The molecule has 0 saturated heterocycles. The molecule has 2 amide bonds. The number of rotatable bonds is 15. The molecule has 0 fully saturated rings. The van der Waals surface area contributed by atoms with E-state index in [9.17, 15) is 19.5 Å². The van der Waals surface area contributed by atoms with E-state index in [0.29, 0.717) is 12.1 Å². The first kappa shape index (κ1) is 32.4. The van der Waals surface area contributed by atoms with E-state index < -0.39 is 42.0 Å². The molecule has 10 nitrogen and oxygen atoms in total. The lowest BCUT2D eigenvalue weighted by molar-refractivity contribution is -0.148. The van der Waals surface area contributed by atoms with Crippen LogP contribution in [0, 0.1) is 5.92 Å². The van der Waals surface area contributed by atoms with Crippen LogP contribution in [0.3, 0.4) is 0 Å². The number of esters is 1. The Kier molecular flexibility index (Phi) is 11.6. The summed E-state index contributed by atoms with van der Waals surface area (Å²) >= 11 is 0. The van der Waals surface area contributed by atoms with Gasteiger partial charge in [0.05, 0.1) is 36.6 Å². The molecule has 0 aliphatic carbocycles. The van der Waals surface area contributed by atoms with Crippen molar-refractivity contribution in [2.75, 3.05) is 0 Å². The second kappa shape index (κ2) is 15.8. The number of aliphatic hydroxyl groups excluding tert-OH is 1. The number of fused-ring (bicyclic) bond motifs is 1. The van der Waals surface area contributed by atoms with E-state index in [-0.39, 0.29) is 31.8 Å². The van der Waals surface area contributed by atoms with Gasteiger partial charge in [-0.25, -0.2) is 4.98 Å². The van der Waals surface area contributed by atoms with Gasteiger partial charge in [0.25, 0.3) is 0 Å². The molecule has 1 heterocycles. The molecule has 4 rings (SSSR count). The number of carbonyl (C=O) groups is 3. The summed E-state index contributed by atoms with van der Waals surface area (Å²) in [6.45, 7) is 3.99. The van der Waals surface area contributed by atoms with Crippen molar-refractivity contribution < 1.29 is 24.2 Å². The van der Waals surface area contributed by atoms with Crippen molar-refractivity contribution in [1.29, 1.82) is 0 Å². The molecule has 0 saturated carbocycles. The molecule has 3 aromatic carbocycles. The summed E-state index contributed by atoms with van der Waals surface area (Å²) in [7, 11) is 0. The molecule has 0 radical (unpaired) electrons. The summed E-state index contributed by atoms with van der Waals surface area (Å²) in [5.74, 6) is -1.48. The van der Waals surface area contributed by atoms with Crippen molar-refractivity contribution in [2.24, 2.45) is 11.7 Å². The van der Waals surface area contributed by atoms with E-state index >= 15 is 0 Å². The number of aromatic amines is 1. The van der Waals surface area contributed by atoms with Gasteiger partial charge in [0.1, 0.15) is 12.6 Å². The molecule has 232 valence electrons. The molecule has 10 heteroatoms. The van der Waals surface area contributed by atoms with Crippen LogP contribution < -0.4 is 16.4 Å². The van der Waals surface area contributed by atoms with Crippen LogP contribution in [0.5, 0.6) is 0 Å². The Morgan fingerprint density at radius 3 is 2.39 bits per heavy atom. The predicted octanol–water partition coefficient (Wildman–Crippen LogP) is 3.19. The van der Waals surface area contributed by atoms with Crippen molar-refractivity contribution in [3.8, 4) is 0 Å². The van der Waals surface area contributed by atoms with Gasteiger partial charge in [0, 0.05) is 12.6 Å². The van der Waals surface area contributed by atoms with E-state index in [4.69, 9.17) is 10.5 Å². The first-order valence-corrected chi connectivity index (χ1v) is 14.9. The number of benzene rings is 3. The van der Waals surface area contributed by atoms with Crippen LogP contribution in [0.15, 0.2) is 85.3 Å². The Hall–Kier alpha value is -4.54. The number of ether oxygens (including phenoxy) is 1. The van der Waals surface area contributed by atoms with Crippen molar-refractivity contribution in [1.82, 2.24) is 20.6 Å². The number of amides is 2. The van der Waals surface area contributed by atoms with Crippen LogP contribution >= 0.6 is 0 Å². The molecule has 0 spiro atoms. The molecule has 0 aliphatic rings. The second-order valence-electron chi connectivity index (χ2n) is 11.4. The van der Waals surface area contributed by atoms with Crippen LogP contribution in [0.25, 0.3) is 10.8 Å². The van der Waals surface area contributed by atoms with Gasteiger partial charge in [-0.3, -0.25) is 14.4 Å². The van der Waals surface area contributed by atoms with Crippen molar-refractivity contribution >= 4 is 28.6 Å². The number of imidazole rings is 1. The number of nitrogens with one attached hydrogen (secondary N) is 3. The Balaban J connectivity index is 1.42. The highest BCUT2D eigenvalue weighted by Gasteiger charge is 2.30. The number of nitrogens with two attached hydrogens (primary N) is 1. The van der Waals surface area contributed by atoms with Crippen LogP contribution in [0.1, 0.15) is 43.5 Å². The Labute approximate surface area is 257 Å². The Morgan fingerprint density at radius 2 is 1.66 bits per heavy atom. The quantitative estimate of drug-likeness (QED) is 0.131. The van der Waals surface area contributed by atoms with Crippen molar-refractivity contribution in [2.45, 2.75) is 70.4 Å². The van der Waals surface area contributed by atoms with Crippen LogP contribution in [-0.4, -0.2) is 57.1 Å². The molecule has 4 aromatic rings. The minimum atomic E-state index is -1.19. The van der Waals surface area contributed by atoms with Gasteiger partial charge in [0.15, 0.2) is 0 Å². The molecule has 0 aliphatic heterocycles. The average Bonchev–Trinajstić information content (AvgIpc) is 3.53. The first-order chi connectivity index (χ1) is 21.2. The highest BCUT2D eigenvalue weighted by Crippen LogP contribution is 2.20. The Morgan fingerprint density at radius 1 is 0.932 bits per heavy atom. The maximum absolute atomic E-state index is 13.6. The van der Waals surface area contributed by atoms with Gasteiger partial charge in [0.2, 0.25) is 11.8 Å². The molecule has 2 unspecified atom stereocenters. The van der Waals surface area contributed by atoms with Gasteiger partial charge in [-0.2, -0.15) is 0 Å². The molecular weight excluding hydrogens is 558 g/mol. The van der Waals surface area contributed by atoms with Gasteiger partial charge < -0.3 is 31.2 Å². The number of H-pyrrole nitrogens is 1. The van der Waals surface area contributed by atoms with E-state index in [2.05, 4.69) is 20.6 Å². The number of aromatic nitrogens is 2. The zero-order valence-corrected chi connectivity index (χ0v) is 25.1. The fourth-order valence-electron chi connectivity index (χ4n) is 5.11. The van der Waals surface area contributed by atoms with Crippen LogP contribution in [-0.2, 0) is 38.6 Å². The van der Waals surface area contributed by atoms with E-state index in [0.717, 1.165) is 21.9 Å². The van der Waals surface area contributed by atoms with E-state index in [1.165, 1.54) is 6.33 Å². The van der Waals surface area contributed by atoms with E-state index in [1.807, 2.05) is 86.6 Å². The van der Waals surface area contributed by atoms with E-state index in [1.54, 1.807) is 6.20 Å². The third-order valence-electron chi connectivity index (χ3n) is 7.39. The summed E-state index contributed by atoms with van der Waals surface area (Å²) in [4.78, 5) is 46.5. The molecule has 1 aromatic heterocycles. The highest BCUT2D eigenvalue weighted by molar-refractivity contribution is 5.91. The number of hydrogen-bond acceptors (Lipinski definition) is 7. The molecule has 4 atom stereocenters. The summed E-state index contributed by atoms with van der Waals surface area (Å²) in [6.07, 6.45) is 2.44. The minimum Gasteiger partial charge on any atom is -0.461 e. The smallest absolute Gasteiger partial charge is 0.308 e. The lowest BCUT2D eigenvalue weighted by Crippen LogP contribution is -2.56. The fraction of sp³-hybridized carbons (Fsp3) is 0.353. The number of hydrogen-bond donors (Lipinski definition) is 5. The molecule has 6 N–H and O–H groups in total. The average molecular weight is 600 g/mol. The normalized spacial score (nSPS) is 14.0. The van der Waals surface area contributed by atoms with Crippen LogP contribution in [0.2, 0.25) is 0 Å². The topological polar surface area (TPSA) is 159 Å². The molecule has 0 bridgehead atoms. The lowest BCUT2D eigenvalue weighted by Gasteiger charge is -2.28. The van der Waals surface area contributed by atoms with Gasteiger partial charge in [-0.1, -0.05) is 86.6 Å². The number of nitrogens with zero attached hydrogens (tertiary/aromatic N) is 1. The third-order valence-corrected chi connectivity index (χ3v) is 7.39. The van der Waals surface area contributed by atoms with Crippen LogP contribution in [0.4, 0.5) is 0 Å². The largest absolute Gasteiger partial charge is 0.461 e. The molecule has 44 heavy (non-hydrogen) atoms. The lowest BCUT2D eigenvalue weighted by atomic mass is 9.96. The van der Waals surface area contributed by atoms with Gasteiger partial charge in [-0.05, 0) is 40.7 Å². The monoisotopic (exact) mass is 599 g/mol. The maximum Gasteiger partial charge on any atom is 0.308 e. The predicted molar refractivity (Wildman–Crippen MR) is 168 cm³/mol. The second-order valence-corrected chi connectivity index (χ2v) is 11.4. The zero-order valence-electron chi connectivity index (χ0n) is 25.1. The first-order valence-electron chi connectivity index (χ1n) is 14.9. The van der Waals surface area contributed by atoms with Gasteiger partial charge >= 0.3 is 5.97 Å². The molecular formula is C34H41N5O5. The summed E-state index contributed by atoms with van der Waals surface area (Å²) < 4.78 is 5.34. The number of aliphatic hydroxyl groups is 1. The standard InChI is InChI=1S/C34H41N5O5/c1-22(2)15-29(31(40)18-32(41)44-20-23-9-4-3-5-10-23)38-34(43)30(17-26-19-36-21-37-26)39-33(42)28(35)16-25-13-8-12-24-11-6-7-14-27(24)25/h3-14,19,21-22,28-31,40H,15-18,20,35H2,1-2H3,(H,36,37)(H,38,43)(H,39,42)/t28-,29?,30-,31?/m1/s1. The van der Waals surface area contributed by atoms with Gasteiger partial charge in [-0.15, -0.1) is 0 Å². The minimum absolute atomic E-state index is 0.0877. The Bertz CT molecular complexity index is 1500. The number of carbonyl (C=O) groups excluding carboxylic acids is 3. The summed E-state index contributed by atoms with van der Waals surface area (Å²) in [5.41, 5.74) is 8.67. The third kappa shape index (κ3) is 9.48. The summed E-state index contributed by atoms with van der Waals surface area (Å²) in [6, 6.07) is 20.3. The highest BCUT2D eigenvalue weighted by atomic mass is 16.5. The SMILES string of the molecule is CC(C)CC(NC(=O)[C@@H](Cc1c[nH]cn1)NC(=O)[C@H](N)Cc1cccc2ccccc12)C(O)CC(=O)OCc1ccccc1.